The lowest BCUT2D eigenvalue weighted by molar-refractivity contribution is 0.667. The summed E-state index contributed by atoms with van der Waals surface area (Å²) in [5, 5.41) is 6.04. The largest absolute Gasteiger partial charge is 0.452 e. The van der Waals surface area contributed by atoms with Gasteiger partial charge < -0.3 is 4.42 Å². The lowest BCUT2D eigenvalue weighted by Gasteiger charge is -2.07. The standard InChI is InChI=1S/C38H22N2OS/c1-2-8-24-19-25(16-15-23(24)7-1)26-17-18-32-33(21-26)41-37-35(39-22-40-36(32)37)28-10-5-9-27(20-28)29-12-6-13-31-30-11-3-4-14-34(30)42-38(29)31/h1-22H. The highest BCUT2D eigenvalue weighted by Crippen LogP contribution is 2.41. The van der Waals surface area contributed by atoms with Crippen molar-refractivity contribution in [1.29, 1.82) is 0 Å². The second kappa shape index (κ2) is 9.10. The van der Waals surface area contributed by atoms with E-state index in [9.17, 15) is 0 Å². The van der Waals surface area contributed by atoms with Crippen molar-refractivity contribution < 1.29 is 4.42 Å². The summed E-state index contributed by atoms with van der Waals surface area (Å²) in [6.45, 7) is 0. The number of hydrogen-bond acceptors (Lipinski definition) is 4. The summed E-state index contributed by atoms with van der Waals surface area (Å²) in [5.41, 5.74) is 8.81. The van der Waals surface area contributed by atoms with E-state index < -0.39 is 0 Å². The van der Waals surface area contributed by atoms with Crippen LogP contribution in [0.2, 0.25) is 0 Å². The fraction of sp³-hybridized carbons (Fsp3) is 0. The summed E-state index contributed by atoms with van der Waals surface area (Å²) in [6.07, 6.45) is 1.64. The summed E-state index contributed by atoms with van der Waals surface area (Å²) >= 11 is 1.85. The summed E-state index contributed by atoms with van der Waals surface area (Å²) < 4.78 is 9.12. The van der Waals surface area contributed by atoms with Crippen molar-refractivity contribution in [2.75, 3.05) is 0 Å². The fourth-order valence-corrected chi connectivity index (χ4v) is 7.38. The van der Waals surface area contributed by atoms with Gasteiger partial charge in [0.25, 0.3) is 0 Å². The molecule has 3 heterocycles. The molecule has 9 aromatic rings. The van der Waals surface area contributed by atoms with Gasteiger partial charge in [0.1, 0.15) is 23.1 Å². The number of hydrogen-bond donors (Lipinski definition) is 0. The van der Waals surface area contributed by atoms with Crippen molar-refractivity contribution in [2.24, 2.45) is 0 Å². The van der Waals surface area contributed by atoms with E-state index in [0.717, 1.165) is 44.4 Å². The molecule has 0 saturated heterocycles. The Morgan fingerprint density at radius 2 is 1.31 bits per heavy atom. The Morgan fingerprint density at radius 1 is 0.524 bits per heavy atom. The lowest BCUT2D eigenvalue weighted by Crippen LogP contribution is -1.88. The van der Waals surface area contributed by atoms with E-state index in [2.05, 4.69) is 132 Å². The van der Waals surface area contributed by atoms with Gasteiger partial charge in [0.2, 0.25) is 0 Å². The minimum absolute atomic E-state index is 0.709. The fourth-order valence-electron chi connectivity index (χ4n) is 6.14. The van der Waals surface area contributed by atoms with Crippen molar-refractivity contribution in [2.45, 2.75) is 0 Å². The van der Waals surface area contributed by atoms with Gasteiger partial charge in [-0.1, -0.05) is 97.1 Å². The molecule has 0 aliphatic heterocycles. The van der Waals surface area contributed by atoms with E-state index in [1.807, 2.05) is 11.3 Å². The molecule has 3 aromatic heterocycles. The lowest BCUT2D eigenvalue weighted by atomic mass is 9.99. The number of nitrogens with zero attached hydrogens (tertiary/aromatic N) is 2. The van der Waals surface area contributed by atoms with E-state index in [0.29, 0.717) is 5.58 Å². The van der Waals surface area contributed by atoms with E-state index in [1.165, 1.54) is 36.5 Å². The average molecular weight is 555 g/mol. The van der Waals surface area contributed by atoms with Crippen LogP contribution in [-0.2, 0) is 0 Å². The van der Waals surface area contributed by atoms with Crippen LogP contribution in [-0.4, -0.2) is 9.97 Å². The average Bonchev–Trinajstić information content (AvgIpc) is 3.62. The van der Waals surface area contributed by atoms with Crippen LogP contribution in [0, 0.1) is 0 Å². The van der Waals surface area contributed by atoms with Crippen LogP contribution < -0.4 is 0 Å². The van der Waals surface area contributed by atoms with Crippen molar-refractivity contribution in [3.05, 3.63) is 134 Å². The second-order valence-electron chi connectivity index (χ2n) is 10.6. The predicted octanol–water partition coefficient (Wildman–Crippen LogP) is 10.9. The van der Waals surface area contributed by atoms with Gasteiger partial charge in [0, 0.05) is 31.1 Å². The van der Waals surface area contributed by atoms with Gasteiger partial charge in [-0.3, -0.25) is 0 Å². The first-order valence-corrected chi connectivity index (χ1v) is 14.8. The van der Waals surface area contributed by atoms with Crippen LogP contribution in [0.3, 0.4) is 0 Å². The highest BCUT2D eigenvalue weighted by molar-refractivity contribution is 7.26. The van der Waals surface area contributed by atoms with Crippen LogP contribution in [0.1, 0.15) is 0 Å². The molecule has 0 atom stereocenters. The molecule has 0 fully saturated rings. The Kier molecular flexibility index (Phi) is 5.07. The van der Waals surface area contributed by atoms with Crippen LogP contribution >= 0.6 is 11.3 Å². The maximum absolute atomic E-state index is 6.52. The Bertz CT molecular complexity index is 2490. The molecule has 0 unspecified atom stereocenters. The van der Waals surface area contributed by atoms with Gasteiger partial charge >= 0.3 is 0 Å². The number of thiophene rings is 1. The van der Waals surface area contributed by atoms with Crippen molar-refractivity contribution in [3.8, 4) is 33.5 Å². The third-order valence-corrected chi connectivity index (χ3v) is 9.41. The third kappa shape index (κ3) is 3.59. The zero-order valence-electron chi connectivity index (χ0n) is 22.4. The van der Waals surface area contributed by atoms with Crippen molar-refractivity contribution in [3.63, 3.8) is 0 Å². The summed E-state index contributed by atoms with van der Waals surface area (Å²) in [7, 11) is 0. The smallest absolute Gasteiger partial charge is 0.180 e. The summed E-state index contributed by atoms with van der Waals surface area (Å²) in [5.74, 6) is 0. The van der Waals surface area contributed by atoms with E-state index in [1.54, 1.807) is 6.33 Å². The molecular formula is C38H22N2OS. The van der Waals surface area contributed by atoms with Gasteiger partial charge in [0.15, 0.2) is 5.58 Å². The molecule has 9 rings (SSSR count). The predicted molar refractivity (Wildman–Crippen MR) is 176 cm³/mol. The zero-order chi connectivity index (χ0) is 27.6. The molecule has 6 aromatic carbocycles. The van der Waals surface area contributed by atoms with Gasteiger partial charge in [-0.25, -0.2) is 9.97 Å². The van der Waals surface area contributed by atoms with Gasteiger partial charge in [-0.15, -0.1) is 11.3 Å². The molecule has 0 amide bonds. The SMILES string of the molecule is c1cc(-c2ncnc3c2oc2cc(-c4ccc5ccccc5c4)ccc23)cc(-c2cccc3c2sc2ccccc23)c1. The first kappa shape index (κ1) is 23.4. The van der Waals surface area contributed by atoms with Gasteiger partial charge in [-0.2, -0.15) is 0 Å². The highest BCUT2D eigenvalue weighted by atomic mass is 32.1. The molecule has 0 saturated carbocycles. The molecule has 0 bridgehead atoms. The quantitative estimate of drug-likeness (QED) is 0.218. The highest BCUT2D eigenvalue weighted by Gasteiger charge is 2.17. The van der Waals surface area contributed by atoms with E-state index >= 15 is 0 Å². The minimum Gasteiger partial charge on any atom is -0.452 e. The number of fused-ring (bicyclic) bond motifs is 7. The first-order valence-electron chi connectivity index (χ1n) is 14.0. The number of aromatic nitrogens is 2. The second-order valence-corrected chi connectivity index (χ2v) is 11.7. The number of furan rings is 1. The third-order valence-electron chi connectivity index (χ3n) is 8.19. The molecule has 0 N–H and O–H groups in total. The Hall–Kier alpha value is -5.32. The van der Waals surface area contributed by atoms with Crippen LogP contribution in [0.4, 0.5) is 0 Å². The molecule has 4 heteroatoms. The van der Waals surface area contributed by atoms with E-state index in [4.69, 9.17) is 9.40 Å². The normalized spacial score (nSPS) is 11.8. The maximum atomic E-state index is 6.52. The van der Waals surface area contributed by atoms with Crippen molar-refractivity contribution in [1.82, 2.24) is 9.97 Å². The minimum atomic E-state index is 0.709. The summed E-state index contributed by atoms with van der Waals surface area (Å²) in [6, 6.07) is 45.2. The summed E-state index contributed by atoms with van der Waals surface area (Å²) in [4.78, 5) is 9.36. The van der Waals surface area contributed by atoms with E-state index in [-0.39, 0.29) is 0 Å². The van der Waals surface area contributed by atoms with Crippen LogP contribution in [0.15, 0.2) is 138 Å². The van der Waals surface area contributed by atoms with Gasteiger partial charge in [-0.05, 0) is 63.4 Å². The Morgan fingerprint density at radius 3 is 2.29 bits per heavy atom. The molecular weight excluding hydrogens is 532 g/mol. The molecule has 0 aliphatic rings. The van der Waals surface area contributed by atoms with Gasteiger partial charge in [0.05, 0.1) is 0 Å². The molecule has 0 aliphatic carbocycles. The van der Waals surface area contributed by atoms with Crippen LogP contribution in [0.5, 0.6) is 0 Å². The molecule has 0 radical (unpaired) electrons. The first-order chi connectivity index (χ1) is 20.8. The number of rotatable bonds is 3. The van der Waals surface area contributed by atoms with Crippen LogP contribution in [0.25, 0.3) is 86.5 Å². The Balaban J connectivity index is 1.18. The monoisotopic (exact) mass is 554 g/mol. The molecule has 0 spiro atoms. The Labute approximate surface area is 245 Å². The van der Waals surface area contributed by atoms with Crippen molar-refractivity contribution >= 4 is 64.4 Å². The molecule has 3 nitrogen and oxygen atoms in total. The number of benzene rings is 6. The zero-order valence-corrected chi connectivity index (χ0v) is 23.2. The topological polar surface area (TPSA) is 38.9 Å². The molecule has 42 heavy (non-hydrogen) atoms. The molecule has 196 valence electrons. The maximum Gasteiger partial charge on any atom is 0.180 e.